The Balaban J connectivity index is 1.48. The summed E-state index contributed by atoms with van der Waals surface area (Å²) in [5.41, 5.74) is 2.37. The van der Waals surface area contributed by atoms with Crippen LogP contribution in [0.5, 0.6) is 0 Å². The number of hydrogen-bond donors (Lipinski definition) is 1. The number of rotatable bonds is 8. The maximum absolute atomic E-state index is 12.9. The lowest BCUT2D eigenvalue weighted by atomic mass is 10.1. The molecule has 0 saturated carbocycles. The van der Waals surface area contributed by atoms with Gasteiger partial charge in [-0.1, -0.05) is 17.7 Å². The second kappa shape index (κ2) is 10.2. The lowest BCUT2D eigenvalue weighted by molar-refractivity contribution is -0.148. The first-order valence-corrected chi connectivity index (χ1v) is 10.6. The van der Waals surface area contributed by atoms with E-state index in [2.05, 4.69) is 15.5 Å². The molecule has 0 aliphatic rings. The van der Waals surface area contributed by atoms with Crippen molar-refractivity contribution in [3.8, 4) is 11.5 Å². The van der Waals surface area contributed by atoms with Crippen molar-refractivity contribution in [2.45, 2.75) is 32.1 Å². The van der Waals surface area contributed by atoms with Crippen LogP contribution >= 0.6 is 11.8 Å². The molecule has 3 aromatic rings. The molecule has 2 unspecified atom stereocenters. The Morgan fingerprint density at radius 1 is 1.10 bits per heavy atom. The summed E-state index contributed by atoms with van der Waals surface area (Å²) in [6.07, 6.45) is -0.727. The molecule has 0 aliphatic carbocycles. The van der Waals surface area contributed by atoms with Gasteiger partial charge in [-0.2, -0.15) is 0 Å². The molecule has 162 valence electrons. The number of anilines is 1. The SMILES string of the molecule is Cc1ccc(-c2nnc(C(C)OC(=O)C(C)SCC(=O)Nc3ccc(F)cc3)o2)cc1. The topological polar surface area (TPSA) is 94.3 Å². The first kappa shape index (κ1) is 22.5. The van der Waals surface area contributed by atoms with E-state index in [-0.39, 0.29) is 23.4 Å². The molecule has 2 atom stereocenters. The largest absolute Gasteiger partial charge is 0.452 e. The minimum absolute atomic E-state index is 0.0418. The van der Waals surface area contributed by atoms with E-state index in [0.29, 0.717) is 11.6 Å². The Kier molecular flexibility index (Phi) is 7.41. The number of carbonyl (C=O) groups excluding carboxylic acids is 2. The van der Waals surface area contributed by atoms with Gasteiger partial charge in [0.15, 0.2) is 6.10 Å². The molecule has 0 fully saturated rings. The highest BCUT2D eigenvalue weighted by atomic mass is 32.2. The second-order valence-electron chi connectivity index (χ2n) is 6.90. The average Bonchev–Trinajstić information content (AvgIpc) is 3.24. The maximum Gasteiger partial charge on any atom is 0.319 e. The summed E-state index contributed by atoms with van der Waals surface area (Å²) >= 11 is 1.13. The molecule has 3 rings (SSSR count). The normalized spacial score (nSPS) is 12.8. The molecule has 0 spiro atoms. The number of hydrogen-bond acceptors (Lipinski definition) is 7. The van der Waals surface area contributed by atoms with Gasteiger partial charge in [-0.25, -0.2) is 4.39 Å². The molecule has 0 bridgehead atoms. The van der Waals surface area contributed by atoms with Crippen molar-refractivity contribution in [2.75, 3.05) is 11.1 Å². The molecule has 2 aromatic carbocycles. The van der Waals surface area contributed by atoms with Crippen LogP contribution in [0.3, 0.4) is 0 Å². The predicted molar refractivity (Wildman–Crippen MR) is 116 cm³/mol. The number of amides is 1. The highest BCUT2D eigenvalue weighted by Crippen LogP contribution is 2.24. The van der Waals surface area contributed by atoms with Gasteiger partial charge in [0.2, 0.25) is 11.8 Å². The number of aryl methyl sites for hydroxylation is 1. The smallest absolute Gasteiger partial charge is 0.319 e. The van der Waals surface area contributed by atoms with E-state index >= 15 is 0 Å². The zero-order chi connectivity index (χ0) is 22.4. The molecule has 0 radical (unpaired) electrons. The molecule has 9 heteroatoms. The Morgan fingerprint density at radius 3 is 2.45 bits per heavy atom. The van der Waals surface area contributed by atoms with Gasteiger partial charge in [0.1, 0.15) is 11.1 Å². The second-order valence-corrected chi connectivity index (χ2v) is 8.23. The van der Waals surface area contributed by atoms with Crippen molar-refractivity contribution in [3.63, 3.8) is 0 Å². The van der Waals surface area contributed by atoms with Crippen LogP contribution in [0.2, 0.25) is 0 Å². The first-order chi connectivity index (χ1) is 14.8. The highest BCUT2D eigenvalue weighted by molar-refractivity contribution is 8.01. The summed E-state index contributed by atoms with van der Waals surface area (Å²) in [4.78, 5) is 24.4. The van der Waals surface area contributed by atoms with Crippen LogP contribution in [0.1, 0.15) is 31.4 Å². The van der Waals surface area contributed by atoms with E-state index in [9.17, 15) is 14.0 Å². The molecule has 31 heavy (non-hydrogen) atoms. The first-order valence-electron chi connectivity index (χ1n) is 9.60. The zero-order valence-corrected chi connectivity index (χ0v) is 18.1. The van der Waals surface area contributed by atoms with Crippen LogP contribution in [0, 0.1) is 12.7 Å². The van der Waals surface area contributed by atoms with Gasteiger partial charge in [0.05, 0.1) is 5.75 Å². The molecule has 7 nitrogen and oxygen atoms in total. The van der Waals surface area contributed by atoms with Crippen molar-refractivity contribution in [2.24, 2.45) is 0 Å². The molecule has 1 N–H and O–H groups in total. The fourth-order valence-corrected chi connectivity index (χ4v) is 3.20. The quantitative estimate of drug-likeness (QED) is 0.511. The minimum atomic E-state index is -0.727. The number of carbonyl (C=O) groups is 2. The molecule has 1 aromatic heterocycles. The highest BCUT2D eigenvalue weighted by Gasteiger charge is 2.23. The summed E-state index contributed by atoms with van der Waals surface area (Å²) in [6.45, 7) is 5.27. The summed E-state index contributed by atoms with van der Waals surface area (Å²) in [6, 6.07) is 13.1. The van der Waals surface area contributed by atoms with Crippen molar-refractivity contribution in [3.05, 3.63) is 65.8 Å². The standard InChI is InChI=1S/C22H22FN3O4S/c1-13-4-6-16(7-5-13)21-26-25-20(30-21)14(2)29-22(28)15(3)31-12-19(27)24-18-10-8-17(23)9-11-18/h4-11,14-15H,12H2,1-3H3,(H,24,27). The summed E-state index contributed by atoms with van der Waals surface area (Å²) < 4.78 is 23.9. The maximum atomic E-state index is 12.9. The number of nitrogens with one attached hydrogen (secondary N) is 1. The Labute approximate surface area is 183 Å². The van der Waals surface area contributed by atoms with Gasteiger partial charge in [-0.05, 0) is 57.2 Å². The fourth-order valence-electron chi connectivity index (χ4n) is 2.53. The van der Waals surface area contributed by atoms with Crippen molar-refractivity contribution in [1.29, 1.82) is 0 Å². The third-order valence-corrected chi connectivity index (χ3v) is 5.43. The van der Waals surface area contributed by atoms with Crippen LogP contribution in [-0.4, -0.2) is 33.1 Å². The minimum Gasteiger partial charge on any atom is -0.452 e. The van der Waals surface area contributed by atoms with E-state index in [4.69, 9.17) is 9.15 Å². The average molecular weight is 444 g/mol. The summed E-state index contributed by atoms with van der Waals surface area (Å²) in [5.74, 6) is -0.607. The number of ether oxygens (including phenoxy) is 1. The van der Waals surface area contributed by atoms with Crippen molar-refractivity contribution in [1.82, 2.24) is 10.2 Å². The molecule has 1 heterocycles. The number of esters is 1. The molecule has 1 amide bonds. The van der Waals surface area contributed by atoms with Gasteiger partial charge in [0, 0.05) is 11.3 Å². The Bertz CT molecular complexity index is 1040. The molecule has 0 aliphatic heterocycles. The van der Waals surface area contributed by atoms with Crippen LogP contribution in [0.25, 0.3) is 11.5 Å². The lowest BCUT2D eigenvalue weighted by Gasteiger charge is -2.14. The van der Waals surface area contributed by atoms with Crippen molar-refractivity contribution < 1.29 is 23.1 Å². The van der Waals surface area contributed by atoms with Gasteiger partial charge in [-0.3, -0.25) is 9.59 Å². The third-order valence-electron chi connectivity index (χ3n) is 4.30. The van der Waals surface area contributed by atoms with Crippen LogP contribution in [0.4, 0.5) is 10.1 Å². The van der Waals surface area contributed by atoms with Crippen LogP contribution in [-0.2, 0) is 14.3 Å². The number of nitrogens with zero attached hydrogens (tertiary/aromatic N) is 2. The van der Waals surface area contributed by atoms with E-state index in [1.807, 2.05) is 31.2 Å². The molecule has 0 saturated heterocycles. The van der Waals surface area contributed by atoms with E-state index in [1.54, 1.807) is 13.8 Å². The number of halogens is 1. The number of aromatic nitrogens is 2. The van der Waals surface area contributed by atoms with Gasteiger partial charge in [-0.15, -0.1) is 22.0 Å². The van der Waals surface area contributed by atoms with E-state index in [0.717, 1.165) is 22.9 Å². The predicted octanol–water partition coefficient (Wildman–Crippen LogP) is 4.55. The molecular formula is C22H22FN3O4S. The van der Waals surface area contributed by atoms with E-state index in [1.165, 1.54) is 24.3 Å². The van der Waals surface area contributed by atoms with Crippen LogP contribution < -0.4 is 5.32 Å². The fraction of sp³-hybridized carbons (Fsp3) is 0.273. The third kappa shape index (κ3) is 6.39. The molecular weight excluding hydrogens is 421 g/mol. The van der Waals surface area contributed by atoms with Gasteiger partial charge >= 0.3 is 5.97 Å². The van der Waals surface area contributed by atoms with Crippen LogP contribution in [0.15, 0.2) is 52.9 Å². The number of thioether (sulfide) groups is 1. The van der Waals surface area contributed by atoms with Gasteiger partial charge < -0.3 is 14.5 Å². The Morgan fingerprint density at radius 2 is 1.77 bits per heavy atom. The summed E-state index contributed by atoms with van der Waals surface area (Å²) in [7, 11) is 0. The number of benzene rings is 2. The lowest BCUT2D eigenvalue weighted by Crippen LogP contribution is -2.22. The van der Waals surface area contributed by atoms with E-state index < -0.39 is 17.3 Å². The monoisotopic (exact) mass is 443 g/mol. The summed E-state index contributed by atoms with van der Waals surface area (Å²) in [5, 5.41) is 10.0. The van der Waals surface area contributed by atoms with Gasteiger partial charge in [0.25, 0.3) is 5.89 Å². The Hall–Kier alpha value is -3.20. The van der Waals surface area contributed by atoms with Crippen molar-refractivity contribution >= 4 is 29.3 Å². The zero-order valence-electron chi connectivity index (χ0n) is 17.3.